The van der Waals surface area contributed by atoms with Gasteiger partial charge in [-0.25, -0.2) is 10.2 Å². The third-order valence-corrected chi connectivity index (χ3v) is 5.75. The van der Waals surface area contributed by atoms with Gasteiger partial charge in [0, 0.05) is 16.3 Å². The summed E-state index contributed by atoms with van der Waals surface area (Å²) in [5.41, 5.74) is 3.13. The number of hydrogen-bond acceptors (Lipinski definition) is 6. The minimum Gasteiger partial charge on any atom is -0.497 e. The van der Waals surface area contributed by atoms with E-state index in [4.69, 9.17) is 32.7 Å². The highest BCUT2D eigenvalue weighted by Gasteiger charge is 2.17. The molecule has 37 heavy (non-hydrogen) atoms. The van der Waals surface area contributed by atoms with Crippen LogP contribution in [0, 0.1) is 0 Å². The number of anilines is 1. The molecule has 0 bridgehead atoms. The van der Waals surface area contributed by atoms with Crippen LogP contribution in [0.1, 0.15) is 15.9 Å². The molecule has 0 aliphatic rings. The molecule has 0 aliphatic carbocycles. The Morgan fingerprint density at radius 1 is 0.892 bits per heavy atom. The predicted octanol–water partition coefficient (Wildman–Crippen LogP) is 5.46. The van der Waals surface area contributed by atoms with Crippen molar-refractivity contribution in [2.45, 2.75) is 0 Å². The Bertz CT molecular complexity index is 1520. The van der Waals surface area contributed by atoms with Crippen molar-refractivity contribution in [3.8, 4) is 11.5 Å². The highest BCUT2D eigenvalue weighted by molar-refractivity contribution is 6.39. The molecule has 4 aromatic rings. The number of nitrogens with one attached hydrogen (secondary N) is 2. The predicted molar refractivity (Wildman–Crippen MR) is 143 cm³/mol. The second-order valence-electron chi connectivity index (χ2n) is 7.59. The average Bonchev–Trinajstić information content (AvgIpc) is 2.89. The third-order valence-electron chi connectivity index (χ3n) is 5.20. The van der Waals surface area contributed by atoms with Crippen LogP contribution in [0.5, 0.6) is 11.5 Å². The molecule has 0 spiro atoms. The van der Waals surface area contributed by atoms with Gasteiger partial charge in [-0.15, -0.1) is 0 Å². The standard InChI is InChI=1S/C27H19Cl2N3O5/c1-36-19-10-8-18(9-11-19)31-25(33)26(34)32-30-15-22-20-5-3-2-4-16(20)6-13-24(22)37-27(35)21-12-7-17(28)14-23(21)29/h2-15H,1H3,(H,31,33)(H,32,34)/b30-15+. The number of benzene rings is 4. The Balaban J connectivity index is 1.53. The number of esters is 1. The molecular weight excluding hydrogens is 517 g/mol. The summed E-state index contributed by atoms with van der Waals surface area (Å²) in [6.07, 6.45) is 1.30. The molecule has 186 valence electrons. The molecule has 4 rings (SSSR count). The first kappa shape index (κ1) is 25.7. The van der Waals surface area contributed by atoms with E-state index in [1.165, 1.54) is 31.5 Å². The van der Waals surface area contributed by atoms with Crippen LogP contribution in [0.25, 0.3) is 10.8 Å². The van der Waals surface area contributed by atoms with Crippen molar-refractivity contribution < 1.29 is 23.9 Å². The summed E-state index contributed by atoms with van der Waals surface area (Å²) in [5, 5.41) is 8.45. The van der Waals surface area contributed by atoms with Gasteiger partial charge in [0.15, 0.2) is 0 Å². The molecule has 0 fully saturated rings. The van der Waals surface area contributed by atoms with E-state index in [2.05, 4.69) is 15.8 Å². The molecule has 0 aliphatic heterocycles. The van der Waals surface area contributed by atoms with Crippen molar-refractivity contribution in [3.05, 3.63) is 100 Å². The summed E-state index contributed by atoms with van der Waals surface area (Å²) in [4.78, 5) is 37.3. The fourth-order valence-corrected chi connectivity index (χ4v) is 3.86. The minimum absolute atomic E-state index is 0.130. The molecule has 2 N–H and O–H groups in total. The van der Waals surface area contributed by atoms with E-state index in [1.54, 1.807) is 36.4 Å². The smallest absolute Gasteiger partial charge is 0.345 e. The first-order chi connectivity index (χ1) is 17.9. The molecule has 0 saturated heterocycles. The van der Waals surface area contributed by atoms with Crippen LogP contribution >= 0.6 is 23.2 Å². The topological polar surface area (TPSA) is 106 Å². The number of hydrazone groups is 1. The van der Waals surface area contributed by atoms with Gasteiger partial charge in [-0.3, -0.25) is 9.59 Å². The number of nitrogens with zero attached hydrogens (tertiary/aromatic N) is 1. The largest absolute Gasteiger partial charge is 0.497 e. The molecule has 8 nitrogen and oxygen atoms in total. The maximum absolute atomic E-state index is 12.8. The first-order valence-electron chi connectivity index (χ1n) is 10.8. The maximum atomic E-state index is 12.8. The van der Waals surface area contributed by atoms with E-state index >= 15 is 0 Å². The molecule has 4 aromatic carbocycles. The summed E-state index contributed by atoms with van der Waals surface area (Å²) in [5.74, 6) is -1.81. The number of amides is 2. The van der Waals surface area contributed by atoms with E-state index in [9.17, 15) is 14.4 Å². The van der Waals surface area contributed by atoms with E-state index in [0.29, 0.717) is 27.4 Å². The van der Waals surface area contributed by atoms with Crippen LogP contribution in [-0.4, -0.2) is 31.1 Å². The van der Waals surface area contributed by atoms with Crippen molar-refractivity contribution in [2.24, 2.45) is 5.10 Å². The molecule has 0 saturated carbocycles. The van der Waals surface area contributed by atoms with Gasteiger partial charge in [-0.05, 0) is 59.3 Å². The van der Waals surface area contributed by atoms with Crippen LogP contribution in [0.15, 0.2) is 84.0 Å². The first-order valence-corrected chi connectivity index (χ1v) is 11.6. The summed E-state index contributed by atoms with van der Waals surface area (Å²) in [7, 11) is 1.52. The van der Waals surface area contributed by atoms with Gasteiger partial charge in [0.1, 0.15) is 11.5 Å². The van der Waals surface area contributed by atoms with Crippen molar-refractivity contribution in [3.63, 3.8) is 0 Å². The molecule has 0 radical (unpaired) electrons. The van der Waals surface area contributed by atoms with Crippen molar-refractivity contribution >= 4 is 63.7 Å². The molecule has 0 atom stereocenters. The molecule has 10 heteroatoms. The summed E-state index contributed by atoms with van der Waals surface area (Å²) in [6.45, 7) is 0. The normalized spacial score (nSPS) is 10.8. The number of carbonyl (C=O) groups is 3. The second-order valence-corrected chi connectivity index (χ2v) is 8.44. The lowest BCUT2D eigenvalue weighted by atomic mass is 10.0. The van der Waals surface area contributed by atoms with Crippen molar-refractivity contribution in [1.29, 1.82) is 0 Å². The van der Waals surface area contributed by atoms with Crippen LogP contribution in [0.2, 0.25) is 10.0 Å². The lowest BCUT2D eigenvalue weighted by Crippen LogP contribution is -2.32. The van der Waals surface area contributed by atoms with Crippen LogP contribution < -0.4 is 20.2 Å². The van der Waals surface area contributed by atoms with Gasteiger partial charge < -0.3 is 14.8 Å². The number of carbonyl (C=O) groups excluding carboxylic acids is 3. The van der Waals surface area contributed by atoms with E-state index in [1.807, 2.05) is 24.3 Å². The monoisotopic (exact) mass is 535 g/mol. The molecule has 2 amide bonds. The highest BCUT2D eigenvalue weighted by atomic mass is 35.5. The van der Waals surface area contributed by atoms with Gasteiger partial charge in [-0.1, -0.05) is 53.5 Å². The number of fused-ring (bicyclic) bond motifs is 1. The quantitative estimate of drug-likeness (QED) is 0.112. The summed E-state index contributed by atoms with van der Waals surface area (Å²) in [6, 6.07) is 21.6. The molecule has 0 aromatic heterocycles. The number of methoxy groups -OCH3 is 1. The minimum atomic E-state index is -0.987. The Hall–Kier alpha value is -4.40. The number of hydrogen-bond donors (Lipinski definition) is 2. The van der Waals surface area contributed by atoms with Gasteiger partial charge >= 0.3 is 17.8 Å². The van der Waals surface area contributed by atoms with Crippen LogP contribution in [-0.2, 0) is 9.59 Å². The zero-order valence-electron chi connectivity index (χ0n) is 19.3. The van der Waals surface area contributed by atoms with Crippen LogP contribution in [0.3, 0.4) is 0 Å². The zero-order chi connectivity index (χ0) is 26.4. The van der Waals surface area contributed by atoms with Crippen molar-refractivity contribution in [1.82, 2.24) is 5.43 Å². The average molecular weight is 536 g/mol. The third kappa shape index (κ3) is 6.24. The molecular formula is C27H19Cl2N3O5. The SMILES string of the molecule is COc1ccc(NC(=O)C(=O)N/N=C/c2c(OC(=O)c3ccc(Cl)cc3Cl)ccc3ccccc23)cc1. The lowest BCUT2D eigenvalue weighted by Gasteiger charge is -2.11. The highest BCUT2D eigenvalue weighted by Crippen LogP contribution is 2.29. The van der Waals surface area contributed by atoms with Gasteiger partial charge in [0.05, 0.1) is 23.9 Å². The molecule has 0 unspecified atom stereocenters. The number of halogens is 2. The molecule has 0 heterocycles. The van der Waals surface area contributed by atoms with Crippen LogP contribution in [0.4, 0.5) is 5.69 Å². The zero-order valence-corrected chi connectivity index (χ0v) is 20.8. The number of ether oxygens (including phenoxy) is 2. The van der Waals surface area contributed by atoms with Gasteiger partial charge in [0.25, 0.3) is 0 Å². The van der Waals surface area contributed by atoms with Gasteiger partial charge in [0.2, 0.25) is 0 Å². The Labute approximate surface area is 221 Å². The van der Waals surface area contributed by atoms with Gasteiger partial charge in [-0.2, -0.15) is 5.10 Å². The summed E-state index contributed by atoms with van der Waals surface area (Å²) < 4.78 is 10.7. The van der Waals surface area contributed by atoms with E-state index in [-0.39, 0.29) is 16.3 Å². The lowest BCUT2D eigenvalue weighted by molar-refractivity contribution is -0.136. The Morgan fingerprint density at radius 2 is 1.65 bits per heavy atom. The second kappa shape index (κ2) is 11.6. The number of rotatable bonds is 6. The van der Waals surface area contributed by atoms with E-state index < -0.39 is 17.8 Å². The van der Waals surface area contributed by atoms with Crippen molar-refractivity contribution in [2.75, 3.05) is 12.4 Å². The fourth-order valence-electron chi connectivity index (χ4n) is 3.38. The Morgan fingerprint density at radius 3 is 2.38 bits per heavy atom. The maximum Gasteiger partial charge on any atom is 0.345 e. The fraction of sp³-hybridized carbons (Fsp3) is 0.0370. The summed E-state index contributed by atoms with van der Waals surface area (Å²) >= 11 is 12.1. The Kier molecular flexibility index (Phi) is 8.02. The van der Waals surface area contributed by atoms with E-state index in [0.717, 1.165) is 5.39 Å².